The maximum Gasteiger partial charge on any atom is 0.268 e. The molecule has 0 saturated heterocycles. The first kappa shape index (κ1) is 47.2. The third-order valence-corrected chi connectivity index (χ3v) is 9.89. The van der Waals surface area contributed by atoms with Gasteiger partial charge in [0.1, 0.15) is 13.2 Å². The van der Waals surface area contributed by atoms with E-state index in [1.54, 1.807) is 6.08 Å². The highest BCUT2D eigenvalue weighted by atomic mass is 31.2. The molecule has 48 heavy (non-hydrogen) atoms. The molecular weight excluding hydrogens is 623 g/mol. The van der Waals surface area contributed by atoms with Gasteiger partial charge in [-0.2, -0.15) is 0 Å². The van der Waals surface area contributed by atoms with E-state index in [9.17, 15) is 19.4 Å². The monoisotopic (exact) mass is 703 g/mol. The van der Waals surface area contributed by atoms with Gasteiger partial charge in [-0.3, -0.25) is 9.36 Å². The van der Waals surface area contributed by atoms with E-state index in [0.29, 0.717) is 17.4 Å². The predicted molar refractivity (Wildman–Crippen MR) is 201 cm³/mol. The number of unbranched alkanes of at least 4 members (excludes halogenated alkanes) is 20. The molecule has 8 nitrogen and oxygen atoms in total. The Morgan fingerprint density at radius 3 is 1.75 bits per heavy atom. The normalized spacial score (nSPS) is 14.9. The van der Waals surface area contributed by atoms with Gasteiger partial charge in [0, 0.05) is 6.42 Å². The lowest BCUT2D eigenvalue weighted by atomic mass is 10.0. The second-order valence-corrected chi connectivity index (χ2v) is 16.9. The fourth-order valence-electron chi connectivity index (χ4n) is 5.69. The zero-order valence-electron chi connectivity index (χ0n) is 32.4. The molecule has 1 unspecified atom stereocenters. The van der Waals surface area contributed by atoms with E-state index in [1.807, 2.05) is 27.2 Å². The van der Waals surface area contributed by atoms with Gasteiger partial charge in [0.05, 0.1) is 39.9 Å². The van der Waals surface area contributed by atoms with Crippen LogP contribution in [0.5, 0.6) is 0 Å². The number of phosphoric ester groups is 1. The van der Waals surface area contributed by atoms with Crippen LogP contribution in [-0.2, 0) is 18.4 Å². The molecule has 0 aromatic heterocycles. The Morgan fingerprint density at radius 1 is 0.771 bits per heavy atom. The van der Waals surface area contributed by atoms with Crippen molar-refractivity contribution >= 4 is 13.7 Å². The van der Waals surface area contributed by atoms with Crippen LogP contribution in [0.2, 0.25) is 0 Å². The van der Waals surface area contributed by atoms with Crippen molar-refractivity contribution in [3.05, 3.63) is 12.2 Å². The molecule has 0 aromatic rings. The summed E-state index contributed by atoms with van der Waals surface area (Å²) in [5.74, 6) is 0.589. The number of likely N-dealkylation sites (N-methyl/N-ethyl adjacent to an activating group) is 1. The summed E-state index contributed by atoms with van der Waals surface area (Å²) in [4.78, 5) is 25.2. The fraction of sp³-hybridized carbons (Fsp3) is 0.923. The van der Waals surface area contributed by atoms with Gasteiger partial charge in [0.2, 0.25) is 5.91 Å². The molecule has 0 bridgehead atoms. The van der Waals surface area contributed by atoms with Crippen molar-refractivity contribution in [2.45, 2.75) is 187 Å². The molecule has 0 aliphatic carbocycles. The maximum absolute atomic E-state index is 12.8. The number of aliphatic hydroxyl groups is 1. The van der Waals surface area contributed by atoms with Crippen molar-refractivity contribution in [1.82, 2.24) is 5.32 Å². The van der Waals surface area contributed by atoms with Crippen molar-refractivity contribution in [2.24, 2.45) is 5.92 Å². The van der Waals surface area contributed by atoms with Crippen LogP contribution >= 0.6 is 7.82 Å². The SMILES string of the molecule is CCCCCCCCCCCCCCCCC(=O)N[C@@H](COP(=O)([O-])OCC[N+](C)(C)C)[C@H](O)/C=C/CCCCCCCCCC(C)C. The largest absolute Gasteiger partial charge is 0.756 e. The molecule has 0 heterocycles. The number of nitrogens with one attached hydrogen (secondary N) is 1. The summed E-state index contributed by atoms with van der Waals surface area (Å²) in [7, 11) is 1.26. The average Bonchev–Trinajstić information content (AvgIpc) is 3.01. The molecule has 0 spiro atoms. The zero-order valence-corrected chi connectivity index (χ0v) is 33.3. The number of nitrogens with zero attached hydrogens (tertiary/aromatic N) is 1. The van der Waals surface area contributed by atoms with Gasteiger partial charge in [0.25, 0.3) is 7.82 Å². The Balaban J connectivity index is 4.50. The Hall–Kier alpha value is -0.760. The minimum atomic E-state index is -4.57. The molecule has 0 aromatic carbocycles. The first-order valence-corrected chi connectivity index (χ1v) is 21.4. The van der Waals surface area contributed by atoms with Crippen molar-refractivity contribution in [3.63, 3.8) is 0 Å². The van der Waals surface area contributed by atoms with E-state index in [0.717, 1.165) is 44.4 Å². The summed E-state index contributed by atoms with van der Waals surface area (Å²) < 4.78 is 23.1. The minimum absolute atomic E-state index is 0.000824. The van der Waals surface area contributed by atoms with E-state index in [2.05, 4.69) is 26.1 Å². The van der Waals surface area contributed by atoms with E-state index < -0.39 is 20.0 Å². The number of allylic oxidation sites excluding steroid dienone is 1. The summed E-state index contributed by atoms with van der Waals surface area (Å²) in [5, 5.41) is 13.7. The van der Waals surface area contributed by atoms with Crippen LogP contribution in [0, 0.1) is 5.92 Å². The van der Waals surface area contributed by atoms with Gasteiger partial charge in [-0.25, -0.2) is 0 Å². The summed E-state index contributed by atoms with van der Waals surface area (Å²) in [6.07, 6.45) is 31.1. The summed E-state index contributed by atoms with van der Waals surface area (Å²) in [5.41, 5.74) is 0. The highest BCUT2D eigenvalue weighted by Crippen LogP contribution is 2.38. The van der Waals surface area contributed by atoms with Gasteiger partial charge in [0.15, 0.2) is 0 Å². The molecule has 0 saturated carbocycles. The van der Waals surface area contributed by atoms with E-state index in [4.69, 9.17) is 9.05 Å². The third-order valence-electron chi connectivity index (χ3n) is 8.93. The lowest BCUT2D eigenvalue weighted by Crippen LogP contribution is -2.45. The Morgan fingerprint density at radius 2 is 1.25 bits per heavy atom. The Labute approximate surface area is 297 Å². The average molecular weight is 703 g/mol. The molecule has 286 valence electrons. The zero-order chi connectivity index (χ0) is 35.9. The Kier molecular flexibility index (Phi) is 30.5. The summed E-state index contributed by atoms with van der Waals surface area (Å²) in [6, 6.07) is -0.879. The van der Waals surface area contributed by atoms with Crippen LogP contribution in [0.25, 0.3) is 0 Å². The van der Waals surface area contributed by atoms with Crippen molar-refractivity contribution in [2.75, 3.05) is 40.9 Å². The maximum atomic E-state index is 12.8. The van der Waals surface area contributed by atoms with E-state index in [-0.39, 0.29) is 19.1 Å². The van der Waals surface area contributed by atoms with Crippen LogP contribution < -0.4 is 10.2 Å². The number of carbonyl (C=O) groups excluding carboxylic acids is 1. The third kappa shape index (κ3) is 33.7. The second kappa shape index (κ2) is 31.0. The molecule has 0 fully saturated rings. The number of rotatable bonds is 35. The van der Waals surface area contributed by atoms with Gasteiger partial charge in [-0.1, -0.05) is 161 Å². The molecule has 0 aliphatic heterocycles. The van der Waals surface area contributed by atoms with Crippen molar-refractivity contribution in [1.29, 1.82) is 0 Å². The lowest BCUT2D eigenvalue weighted by molar-refractivity contribution is -0.870. The molecule has 9 heteroatoms. The number of amides is 1. The number of quaternary nitrogens is 1. The Bertz CT molecular complexity index is 817. The molecule has 3 atom stereocenters. The molecule has 0 rings (SSSR count). The number of carbonyl (C=O) groups is 1. The lowest BCUT2D eigenvalue weighted by Gasteiger charge is -2.29. The van der Waals surface area contributed by atoms with Crippen LogP contribution in [0.15, 0.2) is 12.2 Å². The summed E-state index contributed by atoms with van der Waals surface area (Å²) >= 11 is 0. The first-order valence-electron chi connectivity index (χ1n) is 19.9. The molecule has 0 aliphatic rings. The van der Waals surface area contributed by atoms with Crippen LogP contribution in [-0.4, -0.2) is 68.5 Å². The highest BCUT2D eigenvalue weighted by Gasteiger charge is 2.23. The molecule has 2 N–H and O–H groups in total. The number of hydrogen-bond acceptors (Lipinski definition) is 6. The van der Waals surface area contributed by atoms with Crippen LogP contribution in [0.1, 0.15) is 175 Å². The predicted octanol–water partition coefficient (Wildman–Crippen LogP) is 9.63. The van der Waals surface area contributed by atoms with Gasteiger partial charge in [-0.05, 0) is 25.2 Å². The number of hydrogen-bond donors (Lipinski definition) is 2. The highest BCUT2D eigenvalue weighted by molar-refractivity contribution is 7.45. The van der Waals surface area contributed by atoms with Crippen molar-refractivity contribution < 1.29 is 32.9 Å². The number of phosphoric acid groups is 1. The number of aliphatic hydroxyl groups excluding tert-OH is 1. The quantitative estimate of drug-likeness (QED) is 0.0295. The van der Waals surface area contributed by atoms with E-state index in [1.165, 1.54) is 109 Å². The smallest absolute Gasteiger partial charge is 0.268 e. The van der Waals surface area contributed by atoms with Gasteiger partial charge < -0.3 is 28.8 Å². The topological polar surface area (TPSA) is 108 Å². The van der Waals surface area contributed by atoms with Crippen LogP contribution in [0.3, 0.4) is 0 Å². The minimum Gasteiger partial charge on any atom is -0.756 e. The second-order valence-electron chi connectivity index (χ2n) is 15.5. The van der Waals surface area contributed by atoms with Crippen LogP contribution in [0.4, 0.5) is 0 Å². The molecule has 0 radical (unpaired) electrons. The van der Waals surface area contributed by atoms with Crippen molar-refractivity contribution in [3.8, 4) is 0 Å². The fourth-order valence-corrected chi connectivity index (χ4v) is 6.41. The first-order chi connectivity index (χ1) is 22.9. The standard InChI is InChI=1S/C39H79N2O6P/c1-7-8-9-10-11-12-13-14-15-16-20-23-26-29-32-39(43)40-37(35-47-48(44,45)46-34-33-41(4,5)6)38(42)31-28-25-22-19-17-18-21-24-27-30-36(2)3/h28,31,36-38,42H,7-27,29-30,32-35H2,1-6H3,(H-,40,43,44,45)/b31-28+/t37-,38+/m0/s1. The van der Waals surface area contributed by atoms with Gasteiger partial charge >= 0.3 is 0 Å². The van der Waals surface area contributed by atoms with Gasteiger partial charge in [-0.15, -0.1) is 0 Å². The molecular formula is C39H79N2O6P. The summed E-state index contributed by atoms with van der Waals surface area (Å²) in [6.45, 7) is 6.94. The molecule has 1 amide bonds. The van der Waals surface area contributed by atoms with E-state index >= 15 is 0 Å².